The molecular formula is C109H83BN4O2. The zero-order valence-corrected chi connectivity index (χ0v) is 66.0. The van der Waals surface area contributed by atoms with Crippen molar-refractivity contribution in [2.24, 2.45) is 0 Å². The van der Waals surface area contributed by atoms with Gasteiger partial charge in [-0.15, -0.1) is 0 Å². The van der Waals surface area contributed by atoms with Crippen LogP contribution in [-0.4, -0.2) is 11.3 Å². The molecule has 116 heavy (non-hydrogen) atoms. The minimum atomic E-state index is -0.612. The number of nitrogens with zero attached hydrogens (tertiary/aromatic N) is 4. The zero-order valence-electron chi connectivity index (χ0n) is 73.0. The molecular weight excluding hydrogens is 1410 g/mol. The second-order valence-electron chi connectivity index (χ2n) is 34.1. The molecule has 554 valence electrons. The predicted octanol–water partition coefficient (Wildman–Crippen LogP) is 28.1. The van der Waals surface area contributed by atoms with Crippen LogP contribution in [0, 0.1) is 11.3 Å². The summed E-state index contributed by atoms with van der Waals surface area (Å²) in [5, 5.41) is 14.7. The highest BCUT2D eigenvalue weighted by Gasteiger charge is 2.47. The molecule has 2 aliphatic rings. The third-order valence-corrected chi connectivity index (χ3v) is 23.9. The molecule has 0 unspecified atom stereocenters. The number of rotatable bonds is 10. The standard InChI is InChI=1S/C109H83BN4O2/c1-107(2,3)76-59-85(70-34-18-12-19-35-70)105(86(60-76)71-36-20-13-21-37-71)114-95-65-79(112-92-43-25-22-38-80(92)87-54-67(66-111)48-52-93(87)112)50-51-90(95)110-91-58-72(75-56-73(68-30-14-10-15-31-68)55-74(57-75)69-32-16-11-17-33-69)49-53-94(91)113(96-63-78(109(7,8)9)64-97(114)104(96)110)106-88(81-41-28-46-100-102(81)83-39-23-26-44-98(83)115-100)61-77(108(4,5)6)62-89(106)82-42-29-47-101-103(82)84-40-24-27-45-99(84)116-101/h10-65H,1-9H3/i22D,25D,38D,43D,48D,52D,54D. The predicted molar refractivity (Wildman–Crippen MR) is 488 cm³/mol. The molecule has 5 heterocycles. The van der Waals surface area contributed by atoms with Gasteiger partial charge in [-0.2, -0.15) is 5.26 Å². The lowest BCUT2D eigenvalue weighted by Crippen LogP contribution is -2.61. The maximum atomic E-state index is 10.8. The second-order valence-corrected chi connectivity index (χ2v) is 34.1. The quantitative estimate of drug-likeness (QED) is 0.128. The van der Waals surface area contributed by atoms with Crippen molar-refractivity contribution in [3.63, 3.8) is 0 Å². The first-order chi connectivity index (χ1) is 59.3. The second kappa shape index (κ2) is 26.6. The maximum Gasteiger partial charge on any atom is 0.252 e. The number of hydrogen-bond acceptors (Lipinski definition) is 5. The fourth-order valence-electron chi connectivity index (χ4n) is 18.1. The molecule has 7 heteroatoms. The van der Waals surface area contributed by atoms with Crippen molar-refractivity contribution >= 4 is 123 Å². The van der Waals surface area contributed by atoms with Gasteiger partial charge in [0.2, 0.25) is 0 Å². The van der Waals surface area contributed by atoms with Crippen LogP contribution in [0.3, 0.4) is 0 Å². The van der Waals surface area contributed by atoms with Crippen LogP contribution in [0.1, 0.15) is 94.2 Å². The van der Waals surface area contributed by atoms with Crippen LogP contribution in [0.5, 0.6) is 0 Å². The van der Waals surface area contributed by atoms with Gasteiger partial charge in [0.15, 0.2) is 0 Å². The topological polar surface area (TPSA) is 61.5 Å². The summed E-state index contributed by atoms with van der Waals surface area (Å²) >= 11 is 0. The summed E-state index contributed by atoms with van der Waals surface area (Å²) in [5.74, 6) is 0. The first-order valence-electron chi connectivity index (χ1n) is 43.4. The third kappa shape index (κ3) is 11.4. The molecule has 0 N–H and O–H groups in total. The van der Waals surface area contributed by atoms with Gasteiger partial charge in [-0.05, 0) is 226 Å². The van der Waals surface area contributed by atoms with Crippen LogP contribution in [0.25, 0.3) is 149 Å². The molecule has 0 atom stereocenters. The molecule has 0 saturated carbocycles. The summed E-state index contributed by atoms with van der Waals surface area (Å²) in [6.45, 7) is 19.9. The minimum Gasteiger partial charge on any atom is -0.456 e. The molecule has 6 nitrogen and oxygen atoms in total. The van der Waals surface area contributed by atoms with Gasteiger partial charge in [-0.1, -0.05) is 281 Å². The van der Waals surface area contributed by atoms with E-state index < -0.39 is 59.8 Å². The van der Waals surface area contributed by atoms with Gasteiger partial charge >= 0.3 is 0 Å². The number of furan rings is 2. The van der Waals surface area contributed by atoms with Gasteiger partial charge in [0.25, 0.3) is 6.71 Å². The van der Waals surface area contributed by atoms with E-state index in [1.54, 1.807) is 4.57 Å². The van der Waals surface area contributed by atoms with E-state index in [-0.39, 0.29) is 32.8 Å². The molecule has 0 saturated heterocycles. The van der Waals surface area contributed by atoms with Crippen molar-refractivity contribution in [3.8, 4) is 89.6 Å². The van der Waals surface area contributed by atoms with Crippen molar-refractivity contribution in [2.45, 2.75) is 78.6 Å². The number of fused-ring (bicyclic) bond motifs is 13. The Morgan fingerprint density at radius 1 is 0.328 bits per heavy atom. The van der Waals surface area contributed by atoms with E-state index in [9.17, 15) is 14.9 Å². The molecule has 3 aromatic heterocycles. The number of anilines is 6. The molecule has 16 aromatic carbocycles. The van der Waals surface area contributed by atoms with E-state index >= 15 is 0 Å². The highest BCUT2D eigenvalue weighted by Crippen LogP contribution is 2.58. The van der Waals surface area contributed by atoms with Gasteiger partial charge in [0.05, 0.1) is 43.6 Å². The lowest BCUT2D eigenvalue weighted by Gasteiger charge is -2.47. The normalized spacial score (nSPS) is 13.7. The summed E-state index contributed by atoms with van der Waals surface area (Å²) < 4.78 is 83.4. The SMILES string of the molecule is [2H]c1c([2H])c([2H])c2c(c1[2H])c1c([2H])c(C#N)c([2H])c([2H])c1n2-c1ccc2c(c1)N(c1c(-c3ccccc3)cc(C(C)(C)C)cc1-c1ccccc1)c1cc(C(C)(C)C)cc3c1B2c1cc(-c2cc(-c4ccccc4)cc(-c4ccccc4)c2)ccc1N3c1c(-c2cccc3oc4ccccc4c23)cc(C(C)(C)C)cc1-c1cccc2oc3ccccc3c12. The van der Waals surface area contributed by atoms with Crippen LogP contribution in [0.4, 0.5) is 34.1 Å². The largest absolute Gasteiger partial charge is 0.456 e. The molecule has 0 spiro atoms. The fraction of sp³-hybridized carbons (Fsp3) is 0.110. The third-order valence-electron chi connectivity index (χ3n) is 23.9. The van der Waals surface area contributed by atoms with E-state index in [0.29, 0.717) is 5.69 Å². The van der Waals surface area contributed by atoms with Gasteiger partial charge in [-0.3, -0.25) is 0 Å². The first-order valence-corrected chi connectivity index (χ1v) is 39.9. The summed E-state index contributed by atoms with van der Waals surface area (Å²) in [7, 11) is 0. The Morgan fingerprint density at radius 3 is 1.30 bits per heavy atom. The number of nitriles is 1. The number of aromatic nitrogens is 1. The molecule has 0 aliphatic carbocycles. The maximum absolute atomic E-state index is 10.8. The van der Waals surface area contributed by atoms with Crippen molar-refractivity contribution in [1.82, 2.24) is 4.57 Å². The first kappa shape index (κ1) is 62.6. The summed E-state index contributed by atoms with van der Waals surface area (Å²) in [5.41, 5.74) is 27.1. The van der Waals surface area contributed by atoms with Crippen LogP contribution in [0.2, 0.25) is 0 Å². The Bertz CT molecular complexity index is 7490. The molecule has 0 fully saturated rings. The van der Waals surface area contributed by atoms with Crippen LogP contribution < -0.4 is 26.2 Å². The van der Waals surface area contributed by atoms with E-state index in [0.717, 1.165) is 189 Å². The summed E-state index contributed by atoms with van der Waals surface area (Å²) in [6.07, 6.45) is 0. The molecule has 0 amide bonds. The average Bonchev–Trinajstić information content (AvgIpc) is 1.30. The number of para-hydroxylation sites is 3. The minimum absolute atomic E-state index is 0.00806. The highest BCUT2D eigenvalue weighted by atomic mass is 16.3. The van der Waals surface area contributed by atoms with Crippen LogP contribution >= 0.6 is 0 Å². The van der Waals surface area contributed by atoms with Gasteiger partial charge < -0.3 is 23.2 Å². The lowest BCUT2D eigenvalue weighted by molar-refractivity contribution is 0.590. The average molecular weight is 1500 g/mol. The highest BCUT2D eigenvalue weighted by molar-refractivity contribution is 7.00. The van der Waals surface area contributed by atoms with Gasteiger partial charge in [0.1, 0.15) is 22.3 Å². The van der Waals surface area contributed by atoms with Crippen molar-refractivity contribution in [1.29, 1.82) is 5.26 Å². The van der Waals surface area contributed by atoms with Crippen molar-refractivity contribution in [2.75, 3.05) is 9.80 Å². The summed E-state index contributed by atoms with van der Waals surface area (Å²) in [6, 6.07) is 106. The Kier molecular flexibility index (Phi) is 14.4. The van der Waals surface area contributed by atoms with E-state index in [1.165, 1.54) is 0 Å². The summed E-state index contributed by atoms with van der Waals surface area (Å²) in [4.78, 5) is 5.07. The van der Waals surface area contributed by atoms with Crippen molar-refractivity contribution in [3.05, 3.63) is 362 Å². The van der Waals surface area contributed by atoms with Gasteiger partial charge in [-0.25, -0.2) is 0 Å². The van der Waals surface area contributed by atoms with Crippen LogP contribution in [-0.2, 0) is 16.2 Å². The monoisotopic (exact) mass is 1500 g/mol. The van der Waals surface area contributed by atoms with E-state index in [2.05, 4.69) is 351 Å². The molecule has 19 aromatic rings. The molecule has 2 aliphatic heterocycles. The Balaban J connectivity index is 0.980. The Morgan fingerprint density at radius 2 is 0.776 bits per heavy atom. The fourth-order valence-corrected chi connectivity index (χ4v) is 18.1. The van der Waals surface area contributed by atoms with Crippen molar-refractivity contribution < 1.29 is 18.4 Å². The molecule has 21 rings (SSSR count). The lowest BCUT2D eigenvalue weighted by atomic mass is 9.33. The van der Waals surface area contributed by atoms with Gasteiger partial charge in [0, 0.05) is 83.0 Å². The molecule has 0 radical (unpaired) electrons. The van der Waals surface area contributed by atoms with E-state index in [4.69, 9.17) is 8.83 Å². The molecule has 0 bridgehead atoms. The number of hydrogen-bond donors (Lipinski definition) is 0. The smallest absolute Gasteiger partial charge is 0.252 e. The van der Waals surface area contributed by atoms with E-state index in [1.807, 2.05) is 24.3 Å². The zero-order chi connectivity index (χ0) is 84.7. The van der Waals surface area contributed by atoms with Crippen LogP contribution in [0.15, 0.2) is 348 Å². The Labute approximate surface area is 687 Å². The number of benzene rings is 16. The Hall–Kier alpha value is -13.9.